The molecule has 1 aromatic rings. The minimum absolute atomic E-state index is 0.140. The third-order valence-corrected chi connectivity index (χ3v) is 4.00. The Bertz CT molecular complexity index is 580. The van der Waals surface area contributed by atoms with Crippen LogP contribution in [-0.2, 0) is 4.79 Å². The molecule has 2 rings (SSSR count). The summed E-state index contributed by atoms with van der Waals surface area (Å²) in [4.78, 5) is 25.7. The minimum atomic E-state index is -0.414. The molecule has 0 aromatic heterocycles. The van der Waals surface area contributed by atoms with Gasteiger partial charge in [-0.2, -0.15) is 0 Å². The van der Waals surface area contributed by atoms with Crippen molar-refractivity contribution in [3.05, 3.63) is 23.2 Å². The number of likely N-dealkylation sites (tertiary alicyclic amines) is 1. The second-order valence-corrected chi connectivity index (χ2v) is 5.80. The molecule has 0 spiro atoms. The van der Waals surface area contributed by atoms with Crippen LogP contribution in [0.4, 0.5) is 10.5 Å². The fourth-order valence-electron chi connectivity index (χ4n) is 2.55. The smallest absolute Gasteiger partial charge is 0.322 e. The number of nitrogens with one attached hydrogen (secondary N) is 2. The molecule has 0 aliphatic carbocycles. The van der Waals surface area contributed by atoms with Crippen molar-refractivity contribution in [3.63, 3.8) is 0 Å². The van der Waals surface area contributed by atoms with Gasteiger partial charge < -0.3 is 20.3 Å². The lowest BCUT2D eigenvalue weighted by atomic mass is 10.2. The van der Waals surface area contributed by atoms with Crippen molar-refractivity contribution in [1.82, 2.24) is 10.2 Å². The SMILES string of the molecule is CCCOc1ccc(NC(=O)N2CCC[C@H]2C(=O)NC)cc1Cl. The van der Waals surface area contributed by atoms with Crippen LogP contribution in [0.15, 0.2) is 18.2 Å². The topological polar surface area (TPSA) is 70.7 Å². The van der Waals surface area contributed by atoms with Crippen LogP contribution in [0, 0.1) is 0 Å². The fourth-order valence-corrected chi connectivity index (χ4v) is 2.79. The molecule has 0 unspecified atom stereocenters. The molecule has 1 atom stereocenters. The Morgan fingerprint density at radius 1 is 1.43 bits per heavy atom. The maximum Gasteiger partial charge on any atom is 0.322 e. The van der Waals surface area contributed by atoms with Crippen LogP contribution in [-0.4, -0.2) is 43.1 Å². The Labute approximate surface area is 141 Å². The number of benzene rings is 1. The standard InChI is InChI=1S/C16H22ClN3O3/c1-3-9-23-14-7-6-11(10-12(14)17)19-16(22)20-8-4-5-13(20)15(21)18-2/h6-7,10,13H,3-5,8-9H2,1-2H3,(H,18,21)(H,19,22)/t13-/m0/s1. The zero-order chi connectivity index (χ0) is 16.8. The van der Waals surface area contributed by atoms with Crippen molar-refractivity contribution in [2.75, 3.05) is 25.5 Å². The van der Waals surface area contributed by atoms with Crippen molar-refractivity contribution in [2.45, 2.75) is 32.2 Å². The summed E-state index contributed by atoms with van der Waals surface area (Å²) in [5.41, 5.74) is 0.575. The quantitative estimate of drug-likeness (QED) is 0.866. The lowest BCUT2D eigenvalue weighted by Gasteiger charge is -2.23. The van der Waals surface area contributed by atoms with Gasteiger partial charge in [0.05, 0.1) is 11.6 Å². The summed E-state index contributed by atoms with van der Waals surface area (Å²) < 4.78 is 5.50. The highest BCUT2D eigenvalue weighted by atomic mass is 35.5. The van der Waals surface area contributed by atoms with Gasteiger partial charge in [-0.15, -0.1) is 0 Å². The maximum atomic E-state index is 12.4. The third kappa shape index (κ3) is 4.28. The van der Waals surface area contributed by atoms with Crippen molar-refractivity contribution in [1.29, 1.82) is 0 Å². The first kappa shape index (κ1) is 17.4. The molecule has 0 bridgehead atoms. The van der Waals surface area contributed by atoms with E-state index in [1.165, 1.54) is 0 Å². The molecule has 0 radical (unpaired) electrons. The molecule has 1 heterocycles. The predicted octanol–water partition coefficient (Wildman–Crippen LogP) is 2.87. The average Bonchev–Trinajstić information content (AvgIpc) is 3.03. The summed E-state index contributed by atoms with van der Waals surface area (Å²) in [6, 6.07) is 4.40. The highest BCUT2D eigenvalue weighted by molar-refractivity contribution is 6.32. The van der Waals surface area contributed by atoms with E-state index in [1.807, 2.05) is 6.92 Å². The van der Waals surface area contributed by atoms with Crippen LogP contribution in [0.5, 0.6) is 5.75 Å². The zero-order valence-corrected chi connectivity index (χ0v) is 14.2. The summed E-state index contributed by atoms with van der Waals surface area (Å²) in [5, 5.41) is 5.82. The Balaban J connectivity index is 2.02. The first-order valence-corrected chi connectivity index (χ1v) is 8.16. The zero-order valence-electron chi connectivity index (χ0n) is 13.4. The molecule has 3 amide bonds. The summed E-state index contributed by atoms with van der Waals surface area (Å²) in [7, 11) is 1.57. The molecule has 0 saturated carbocycles. The molecular formula is C16H22ClN3O3. The number of amides is 3. The van der Waals surface area contributed by atoms with Crippen molar-refractivity contribution >= 4 is 29.2 Å². The lowest BCUT2D eigenvalue weighted by Crippen LogP contribution is -2.46. The number of hydrogen-bond acceptors (Lipinski definition) is 3. The van der Waals surface area contributed by atoms with Gasteiger partial charge in [0.1, 0.15) is 11.8 Å². The van der Waals surface area contributed by atoms with Crippen LogP contribution in [0.2, 0.25) is 5.02 Å². The Kier molecular flexibility index (Phi) is 6.10. The largest absolute Gasteiger partial charge is 0.492 e. The van der Waals surface area contributed by atoms with Gasteiger partial charge in [0.25, 0.3) is 0 Å². The Morgan fingerprint density at radius 2 is 2.22 bits per heavy atom. The monoisotopic (exact) mass is 339 g/mol. The third-order valence-electron chi connectivity index (χ3n) is 3.71. The first-order chi connectivity index (χ1) is 11.1. The normalized spacial score (nSPS) is 17.0. The number of hydrogen-bond donors (Lipinski definition) is 2. The van der Waals surface area contributed by atoms with Gasteiger partial charge in [0, 0.05) is 19.3 Å². The van der Waals surface area contributed by atoms with Crippen LogP contribution < -0.4 is 15.4 Å². The second kappa shape index (κ2) is 8.06. The molecule has 1 saturated heterocycles. The number of carbonyl (C=O) groups excluding carboxylic acids is 2. The van der Waals surface area contributed by atoms with E-state index in [2.05, 4.69) is 10.6 Å². The Hall–Kier alpha value is -1.95. The molecule has 1 aliphatic heterocycles. The van der Waals surface area contributed by atoms with Crippen LogP contribution in [0.1, 0.15) is 26.2 Å². The molecule has 126 valence electrons. The minimum Gasteiger partial charge on any atom is -0.492 e. The van der Waals surface area contributed by atoms with Gasteiger partial charge >= 0.3 is 6.03 Å². The fraction of sp³-hybridized carbons (Fsp3) is 0.500. The molecule has 23 heavy (non-hydrogen) atoms. The number of ether oxygens (including phenoxy) is 1. The number of halogens is 1. The van der Waals surface area contributed by atoms with Gasteiger partial charge in [-0.1, -0.05) is 18.5 Å². The number of rotatable bonds is 5. The van der Waals surface area contributed by atoms with E-state index < -0.39 is 6.04 Å². The summed E-state index contributed by atoms with van der Waals surface area (Å²) in [5.74, 6) is 0.454. The van der Waals surface area contributed by atoms with E-state index in [-0.39, 0.29) is 11.9 Å². The van der Waals surface area contributed by atoms with E-state index in [9.17, 15) is 9.59 Å². The highest BCUT2D eigenvalue weighted by Gasteiger charge is 2.33. The number of likely N-dealkylation sites (N-methyl/N-ethyl adjacent to an activating group) is 1. The second-order valence-electron chi connectivity index (χ2n) is 5.39. The summed E-state index contributed by atoms with van der Waals surface area (Å²) in [6.07, 6.45) is 2.39. The molecule has 7 heteroatoms. The van der Waals surface area contributed by atoms with Crippen LogP contribution in [0.3, 0.4) is 0 Å². The predicted molar refractivity (Wildman–Crippen MR) is 90.1 cm³/mol. The number of urea groups is 1. The van der Waals surface area contributed by atoms with Gasteiger partial charge in [-0.3, -0.25) is 4.79 Å². The maximum absolute atomic E-state index is 12.4. The molecule has 1 aromatic carbocycles. The van der Waals surface area contributed by atoms with Crippen molar-refractivity contribution < 1.29 is 14.3 Å². The summed E-state index contributed by atoms with van der Waals surface area (Å²) in [6.45, 7) is 3.17. The van der Waals surface area contributed by atoms with E-state index in [0.717, 1.165) is 12.8 Å². The van der Waals surface area contributed by atoms with Crippen molar-refractivity contribution in [3.8, 4) is 5.75 Å². The molecule has 1 aliphatic rings. The summed E-state index contributed by atoms with van der Waals surface area (Å²) >= 11 is 6.16. The van der Waals surface area contributed by atoms with Gasteiger partial charge in [0.2, 0.25) is 5.91 Å². The van der Waals surface area contributed by atoms with E-state index in [1.54, 1.807) is 30.1 Å². The number of nitrogens with zero attached hydrogens (tertiary/aromatic N) is 1. The van der Waals surface area contributed by atoms with Crippen LogP contribution >= 0.6 is 11.6 Å². The highest BCUT2D eigenvalue weighted by Crippen LogP contribution is 2.28. The van der Waals surface area contributed by atoms with Crippen molar-refractivity contribution in [2.24, 2.45) is 0 Å². The van der Waals surface area contributed by atoms with E-state index in [0.29, 0.717) is 36.0 Å². The van der Waals surface area contributed by atoms with Gasteiger partial charge in [0.15, 0.2) is 0 Å². The number of carbonyl (C=O) groups is 2. The van der Waals surface area contributed by atoms with Gasteiger partial charge in [-0.25, -0.2) is 4.79 Å². The molecule has 1 fully saturated rings. The first-order valence-electron chi connectivity index (χ1n) is 7.78. The molecule has 2 N–H and O–H groups in total. The Morgan fingerprint density at radius 3 is 2.87 bits per heavy atom. The number of anilines is 1. The van der Waals surface area contributed by atoms with E-state index in [4.69, 9.17) is 16.3 Å². The lowest BCUT2D eigenvalue weighted by molar-refractivity contribution is -0.124. The average molecular weight is 340 g/mol. The molecule has 6 nitrogen and oxygen atoms in total. The van der Waals surface area contributed by atoms with E-state index >= 15 is 0 Å². The van der Waals surface area contributed by atoms with Gasteiger partial charge in [-0.05, 0) is 37.5 Å². The van der Waals surface area contributed by atoms with Crippen LogP contribution in [0.25, 0.3) is 0 Å². The molecular weight excluding hydrogens is 318 g/mol.